The Hall–Kier alpha value is -0.120. The molecule has 2 rings (SSSR count). The maximum atomic E-state index is 3.70. The fourth-order valence-electron chi connectivity index (χ4n) is 3.84. The first-order valence-corrected chi connectivity index (χ1v) is 8.82. The lowest BCUT2D eigenvalue weighted by molar-refractivity contribution is 0.162. The van der Waals surface area contributed by atoms with E-state index in [0.717, 1.165) is 11.8 Å². The van der Waals surface area contributed by atoms with Crippen LogP contribution in [0.15, 0.2) is 0 Å². The van der Waals surface area contributed by atoms with Crippen molar-refractivity contribution in [1.82, 2.24) is 15.1 Å². The summed E-state index contributed by atoms with van der Waals surface area (Å²) in [5.74, 6) is 1.89. The Morgan fingerprint density at radius 3 is 2.30 bits per heavy atom. The van der Waals surface area contributed by atoms with Gasteiger partial charge in [-0.25, -0.2) is 0 Å². The molecule has 1 saturated carbocycles. The van der Waals surface area contributed by atoms with Gasteiger partial charge in [0.1, 0.15) is 0 Å². The first-order chi connectivity index (χ1) is 9.74. The summed E-state index contributed by atoms with van der Waals surface area (Å²) in [6.45, 7) is 7.59. The third-order valence-corrected chi connectivity index (χ3v) is 5.09. The molecule has 118 valence electrons. The van der Waals surface area contributed by atoms with E-state index in [2.05, 4.69) is 29.2 Å². The van der Waals surface area contributed by atoms with Gasteiger partial charge in [0.15, 0.2) is 0 Å². The molecule has 0 amide bonds. The summed E-state index contributed by atoms with van der Waals surface area (Å²) in [7, 11) is 4.39. The molecule has 2 fully saturated rings. The second-order valence-corrected chi connectivity index (χ2v) is 7.26. The molecule has 3 nitrogen and oxygen atoms in total. The number of nitrogens with zero attached hydrogens (tertiary/aromatic N) is 2. The Morgan fingerprint density at radius 2 is 1.65 bits per heavy atom. The average molecular weight is 281 g/mol. The third kappa shape index (κ3) is 6.11. The predicted molar refractivity (Wildman–Crippen MR) is 87.2 cm³/mol. The van der Waals surface area contributed by atoms with E-state index in [1.165, 1.54) is 84.2 Å². The Labute approximate surface area is 126 Å². The summed E-state index contributed by atoms with van der Waals surface area (Å²) in [6.07, 6.45) is 10.1. The van der Waals surface area contributed by atoms with Gasteiger partial charge in [-0.1, -0.05) is 19.3 Å². The van der Waals surface area contributed by atoms with E-state index < -0.39 is 0 Å². The summed E-state index contributed by atoms with van der Waals surface area (Å²) in [5, 5.41) is 3.70. The second kappa shape index (κ2) is 9.01. The zero-order valence-corrected chi connectivity index (χ0v) is 13.7. The molecule has 1 aliphatic carbocycles. The molecule has 1 saturated heterocycles. The van der Waals surface area contributed by atoms with Crippen LogP contribution in [0.5, 0.6) is 0 Å². The van der Waals surface area contributed by atoms with Crippen molar-refractivity contribution >= 4 is 0 Å². The lowest BCUT2D eigenvalue weighted by Crippen LogP contribution is -2.41. The molecule has 0 aromatic heterocycles. The first kappa shape index (κ1) is 16.3. The van der Waals surface area contributed by atoms with Gasteiger partial charge in [-0.05, 0) is 71.2 Å². The summed E-state index contributed by atoms with van der Waals surface area (Å²) in [6, 6.07) is 0. The Morgan fingerprint density at radius 1 is 0.950 bits per heavy atom. The molecule has 0 atom stereocenters. The highest BCUT2D eigenvalue weighted by atomic mass is 15.1. The molecule has 0 bridgehead atoms. The van der Waals surface area contributed by atoms with Crippen molar-refractivity contribution in [2.24, 2.45) is 11.8 Å². The lowest BCUT2D eigenvalue weighted by Gasteiger charge is -2.33. The van der Waals surface area contributed by atoms with E-state index in [-0.39, 0.29) is 0 Å². The molecule has 0 radical (unpaired) electrons. The lowest BCUT2D eigenvalue weighted by atomic mass is 9.89. The number of piperidine rings is 1. The monoisotopic (exact) mass is 281 g/mol. The number of nitrogens with one attached hydrogen (secondary N) is 1. The van der Waals surface area contributed by atoms with Crippen LogP contribution in [-0.2, 0) is 0 Å². The molecular weight excluding hydrogens is 246 g/mol. The Balaban J connectivity index is 1.48. The molecule has 20 heavy (non-hydrogen) atoms. The van der Waals surface area contributed by atoms with Crippen molar-refractivity contribution < 1.29 is 0 Å². The molecule has 0 spiro atoms. The predicted octanol–water partition coefficient (Wildman–Crippen LogP) is 2.43. The Kier molecular flexibility index (Phi) is 7.32. The minimum Gasteiger partial charge on any atom is -0.315 e. The van der Waals surface area contributed by atoms with E-state index in [1.807, 2.05) is 0 Å². The smallest absolute Gasteiger partial charge is 0.0107 e. The van der Waals surface area contributed by atoms with Gasteiger partial charge in [0.05, 0.1) is 0 Å². The van der Waals surface area contributed by atoms with Gasteiger partial charge in [-0.3, -0.25) is 0 Å². The largest absolute Gasteiger partial charge is 0.315 e. The summed E-state index contributed by atoms with van der Waals surface area (Å²) in [5.41, 5.74) is 0. The van der Waals surface area contributed by atoms with Crippen molar-refractivity contribution in [3.05, 3.63) is 0 Å². The second-order valence-electron chi connectivity index (χ2n) is 7.26. The SMILES string of the molecule is CN(C)CC1CCN(CCNCC2CCCCC2)CC1. The summed E-state index contributed by atoms with van der Waals surface area (Å²) in [4.78, 5) is 4.99. The van der Waals surface area contributed by atoms with Gasteiger partial charge in [0, 0.05) is 19.6 Å². The van der Waals surface area contributed by atoms with Gasteiger partial charge in [0.2, 0.25) is 0 Å². The minimum atomic E-state index is 0.927. The molecule has 1 heterocycles. The van der Waals surface area contributed by atoms with Crippen LogP contribution >= 0.6 is 0 Å². The van der Waals surface area contributed by atoms with Gasteiger partial charge in [0.25, 0.3) is 0 Å². The van der Waals surface area contributed by atoms with Crippen LogP contribution in [0.25, 0.3) is 0 Å². The van der Waals surface area contributed by atoms with Crippen molar-refractivity contribution in [1.29, 1.82) is 0 Å². The Bertz CT molecular complexity index is 241. The maximum Gasteiger partial charge on any atom is 0.0107 e. The van der Waals surface area contributed by atoms with E-state index in [0.29, 0.717) is 0 Å². The van der Waals surface area contributed by atoms with Gasteiger partial charge in [-0.2, -0.15) is 0 Å². The van der Waals surface area contributed by atoms with Gasteiger partial charge < -0.3 is 15.1 Å². The molecule has 3 heteroatoms. The average Bonchev–Trinajstić information content (AvgIpc) is 2.46. The highest BCUT2D eigenvalue weighted by molar-refractivity contribution is 4.75. The van der Waals surface area contributed by atoms with Crippen molar-refractivity contribution in [3.8, 4) is 0 Å². The number of hydrogen-bond donors (Lipinski definition) is 1. The van der Waals surface area contributed by atoms with Crippen LogP contribution in [0.2, 0.25) is 0 Å². The number of hydrogen-bond acceptors (Lipinski definition) is 3. The fraction of sp³-hybridized carbons (Fsp3) is 1.00. The number of likely N-dealkylation sites (tertiary alicyclic amines) is 1. The maximum absolute atomic E-state index is 3.70. The van der Waals surface area contributed by atoms with Crippen LogP contribution in [0.4, 0.5) is 0 Å². The molecule has 1 aliphatic heterocycles. The molecular formula is C17H35N3. The van der Waals surface area contributed by atoms with E-state index in [1.54, 1.807) is 0 Å². The van der Waals surface area contributed by atoms with Crippen LogP contribution in [0.1, 0.15) is 44.9 Å². The third-order valence-electron chi connectivity index (χ3n) is 5.09. The zero-order valence-electron chi connectivity index (χ0n) is 13.7. The van der Waals surface area contributed by atoms with Gasteiger partial charge in [-0.15, -0.1) is 0 Å². The van der Waals surface area contributed by atoms with Crippen LogP contribution < -0.4 is 5.32 Å². The molecule has 0 aromatic rings. The van der Waals surface area contributed by atoms with Crippen molar-refractivity contribution in [2.75, 3.05) is 53.4 Å². The number of rotatable bonds is 7. The van der Waals surface area contributed by atoms with Gasteiger partial charge >= 0.3 is 0 Å². The quantitative estimate of drug-likeness (QED) is 0.723. The molecule has 2 aliphatic rings. The van der Waals surface area contributed by atoms with Crippen LogP contribution in [0, 0.1) is 11.8 Å². The first-order valence-electron chi connectivity index (χ1n) is 8.82. The zero-order chi connectivity index (χ0) is 14.2. The minimum absolute atomic E-state index is 0.927. The van der Waals surface area contributed by atoms with E-state index in [4.69, 9.17) is 0 Å². The van der Waals surface area contributed by atoms with Crippen LogP contribution in [0.3, 0.4) is 0 Å². The highest BCUT2D eigenvalue weighted by Crippen LogP contribution is 2.22. The normalized spacial score (nSPS) is 23.6. The highest BCUT2D eigenvalue weighted by Gasteiger charge is 2.19. The fourth-order valence-corrected chi connectivity index (χ4v) is 3.84. The molecule has 0 unspecified atom stereocenters. The van der Waals surface area contributed by atoms with Crippen LogP contribution in [-0.4, -0.2) is 63.2 Å². The van der Waals surface area contributed by atoms with Crippen molar-refractivity contribution in [3.63, 3.8) is 0 Å². The standard InChI is InChI=1S/C17H35N3/c1-19(2)15-17-8-11-20(12-9-17)13-10-18-14-16-6-4-3-5-7-16/h16-18H,3-15H2,1-2H3. The molecule has 1 N–H and O–H groups in total. The van der Waals surface area contributed by atoms with E-state index in [9.17, 15) is 0 Å². The van der Waals surface area contributed by atoms with Crippen molar-refractivity contribution in [2.45, 2.75) is 44.9 Å². The summed E-state index contributed by atoms with van der Waals surface area (Å²) < 4.78 is 0. The topological polar surface area (TPSA) is 18.5 Å². The van der Waals surface area contributed by atoms with E-state index >= 15 is 0 Å². The molecule has 0 aromatic carbocycles. The summed E-state index contributed by atoms with van der Waals surface area (Å²) >= 11 is 0.